The zero-order chi connectivity index (χ0) is 11.5. The van der Waals surface area contributed by atoms with Gasteiger partial charge >= 0.3 is 0 Å². The third kappa shape index (κ3) is 2.13. The fraction of sp³-hybridized carbons (Fsp3) is 0.182. The van der Waals surface area contributed by atoms with Crippen LogP contribution in [0.5, 0.6) is 0 Å². The monoisotopic (exact) mass is 219 g/mol. The molecule has 2 rings (SSSR count). The van der Waals surface area contributed by atoms with Crippen LogP contribution in [0.4, 0.5) is 15.8 Å². The number of hydrogen-bond donors (Lipinski definition) is 0. The first-order valence-electron chi connectivity index (χ1n) is 4.77. The Hall–Kier alpha value is -2.04. The summed E-state index contributed by atoms with van der Waals surface area (Å²) in [6.07, 6.45) is 0. The molecule has 0 atom stereocenters. The minimum atomic E-state index is -0.295. The van der Waals surface area contributed by atoms with Crippen LogP contribution in [0.15, 0.2) is 39.0 Å². The van der Waals surface area contributed by atoms with Gasteiger partial charge in [0.25, 0.3) is 0 Å². The lowest BCUT2D eigenvalue weighted by atomic mass is 10.3. The molecule has 0 radical (unpaired) electrons. The standard InChI is InChI=1S/C11H10FN3O/c1-7-11(8(2)16-15-7)14-13-10-5-3-9(12)4-6-10/h3-6H,1-2H3. The van der Waals surface area contributed by atoms with Crippen molar-refractivity contribution in [2.45, 2.75) is 13.8 Å². The first kappa shape index (κ1) is 10.5. The van der Waals surface area contributed by atoms with Crippen molar-refractivity contribution in [3.05, 3.63) is 41.5 Å². The van der Waals surface area contributed by atoms with Crippen molar-refractivity contribution in [3.63, 3.8) is 0 Å². The molecule has 82 valence electrons. The van der Waals surface area contributed by atoms with Crippen LogP contribution in [0, 0.1) is 19.7 Å². The number of benzene rings is 1. The summed E-state index contributed by atoms with van der Waals surface area (Å²) >= 11 is 0. The molecule has 16 heavy (non-hydrogen) atoms. The summed E-state index contributed by atoms with van der Waals surface area (Å²) in [5.74, 6) is 0.319. The van der Waals surface area contributed by atoms with Crippen LogP contribution in [0.1, 0.15) is 11.5 Å². The fourth-order valence-corrected chi connectivity index (χ4v) is 1.24. The van der Waals surface area contributed by atoms with Crippen LogP contribution in [0.25, 0.3) is 0 Å². The summed E-state index contributed by atoms with van der Waals surface area (Å²) < 4.78 is 17.6. The summed E-state index contributed by atoms with van der Waals surface area (Å²) in [7, 11) is 0. The molecule has 5 heteroatoms. The van der Waals surface area contributed by atoms with Crippen molar-refractivity contribution in [1.82, 2.24) is 5.16 Å². The average molecular weight is 219 g/mol. The van der Waals surface area contributed by atoms with Gasteiger partial charge in [-0.25, -0.2) is 4.39 Å². The number of aryl methyl sites for hydroxylation is 2. The number of halogens is 1. The Bertz CT molecular complexity index is 497. The van der Waals surface area contributed by atoms with Crippen LogP contribution in [0.3, 0.4) is 0 Å². The number of aromatic nitrogens is 1. The molecule has 1 aromatic heterocycles. The zero-order valence-corrected chi connectivity index (χ0v) is 8.94. The Balaban J connectivity index is 2.24. The molecule has 0 bridgehead atoms. The van der Waals surface area contributed by atoms with Gasteiger partial charge in [-0.2, -0.15) is 5.11 Å². The van der Waals surface area contributed by atoms with Crippen molar-refractivity contribution < 1.29 is 8.91 Å². The van der Waals surface area contributed by atoms with Crippen molar-refractivity contribution in [2.24, 2.45) is 10.2 Å². The highest BCUT2D eigenvalue weighted by molar-refractivity contribution is 5.44. The van der Waals surface area contributed by atoms with Crippen molar-refractivity contribution in [2.75, 3.05) is 0 Å². The molecular weight excluding hydrogens is 209 g/mol. The fourth-order valence-electron chi connectivity index (χ4n) is 1.24. The molecule has 0 fully saturated rings. The molecule has 0 aliphatic carbocycles. The van der Waals surface area contributed by atoms with E-state index in [1.807, 2.05) is 0 Å². The van der Waals surface area contributed by atoms with Gasteiger partial charge in [0.05, 0.1) is 5.69 Å². The number of azo groups is 1. The molecule has 4 nitrogen and oxygen atoms in total. The lowest BCUT2D eigenvalue weighted by Crippen LogP contribution is -1.71. The van der Waals surface area contributed by atoms with E-state index in [0.29, 0.717) is 22.8 Å². The lowest BCUT2D eigenvalue weighted by Gasteiger charge is -1.91. The van der Waals surface area contributed by atoms with E-state index < -0.39 is 0 Å². The van der Waals surface area contributed by atoms with E-state index in [9.17, 15) is 4.39 Å². The maximum atomic E-state index is 12.6. The maximum absolute atomic E-state index is 12.6. The normalized spacial score (nSPS) is 11.2. The highest BCUT2D eigenvalue weighted by Gasteiger charge is 2.07. The summed E-state index contributed by atoms with van der Waals surface area (Å²) in [6, 6.07) is 5.78. The molecular formula is C11H10FN3O. The first-order chi connectivity index (χ1) is 7.66. The minimum absolute atomic E-state index is 0.295. The Morgan fingerprint density at radius 2 is 1.81 bits per heavy atom. The predicted molar refractivity (Wildman–Crippen MR) is 56.6 cm³/mol. The van der Waals surface area contributed by atoms with Crippen molar-refractivity contribution >= 4 is 11.4 Å². The SMILES string of the molecule is Cc1noc(C)c1N=Nc1ccc(F)cc1. The lowest BCUT2D eigenvalue weighted by molar-refractivity contribution is 0.393. The van der Waals surface area contributed by atoms with E-state index in [1.54, 1.807) is 26.0 Å². The molecule has 0 amide bonds. The quantitative estimate of drug-likeness (QED) is 0.720. The third-order valence-corrected chi connectivity index (χ3v) is 2.09. The van der Waals surface area contributed by atoms with Gasteiger partial charge in [-0.3, -0.25) is 0 Å². The van der Waals surface area contributed by atoms with Gasteiger partial charge in [0, 0.05) is 0 Å². The molecule has 0 saturated heterocycles. The molecule has 0 spiro atoms. The van der Waals surface area contributed by atoms with E-state index >= 15 is 0 Å². The van der Waals surface area contributed by atoms with Gasteiger partial charge in [0.2, 0.25) is 0 Å². The van der Waals surface area contributed by atoms with Gasteiger partial charge in [0.1, 0.15) is 11.5 Å². The molecule has 2 aromatic rings. The van der Waals surface area contributed by atoms with Crippen LogP contribution in [-0.2, 0) is 0 Å². The highest BCUT2D eigenvalue weighted by atomic mass is 19.1. The second-order valence-electron chi connectivity index (χ2n) is 3.35. The van der Waals surface area contributed by atoms with Gasteiger partial charge in [0.15, 0.2) is 11.4 Å². The van der Waals surface area contributed by atoms with Gasteiger partial charge in [-0.05, 0) is 38.1 Å². The van der Waals surface area contributed by atoms with Crippen LogP contribution in [0.2, 0.25) is 0 Å². The van der Waals surface area contributed by atoms with Crippen molar-refractivity contribution in [1.29, 1.82) is 0 Å². The molecule has 0 unspecified atom stereocenters. The Morgan fingerprint density at radius 3 is 2.38 bits per heavy atom. The summed E-state index contributed by atoms with van der Waals surface area (Å²) in [5, 5.41) is 11.7. The second kappa shape index (κ2) is 4.22. The van der Waals surface area contributed by atoms with Gasteiger partial charge < -0.3 is 4.52 Å². The van der Waals surface area contributed by atoms with Gasteiger partial charge in [-0.1, -0.05) is 5.16 Å². The van der Waals surface area contributed by atoms with E-state index in [-0.39, 0.29) is 5.82 Å². The second-order valence-corrected chi connectivity index (χ2v) is 3.35. The number of nitrogens with zero attached hydrogens (tertiary/aromatic N) is 3. The maximum Gasteiger partial charge on any atom is 0.161 e. The van der Waals surface area contributed by atoms with Gasteiger partial charge in [-0.15, -0.1) is 5.11 Å². The Labute approximate surface area is 91.8 Å². The van der Waals surface area contributed by atoms with Crippen molar-refractivity contribution in [3.8, 4) is 0 Å². The largest absolute Gasteiger partial charge is 0.359 e. The van der Waals surface area contributed by atoms with E-state index in [0.717, 1.165) is 0 Å². The number of hydrogen-bond acceptors (Lipinski definition) is 4. The summed E-state index contributed by atoms with van der Waals surface area (Å²) in [5.41, 5.74) is 1.88. The first-order valence-corrected chi connectivity index (χ1v) is 4.77. The highest BCUT2D eigenvalue weighted by Crippen LogP contribution is 2.25. The zero-order valence-electron chi connectivity index (χ0n) is 8.94. The minimum Gasteiger partial charge on any atom is -0.359 e. The molecule has 0 N–H and O–H groups in total. The van der Waals surface area contributed by atoms with E-state index in [2.05, 4.69) is 15.4 Å². The number of rotatable bonds is 2. The Kier molecular flexibility index (Phi) is 2.76. The molecule has 0 aliphatic rings. The van der Waals surface area contributed by atoms with E-state index in [1.165, 1.54) is 12.1 Å². The summed E-state index contributed by atoms with van der Waals surface area (Å²) in [4.78, 5) is 0. The molecule has 0 saturated carbocycles. The Morgan fingerprint density at radius 1 is 1.12 bits per heavy atom. The average Bonchev–Trinajstić information content (AvgIpc) is 2.59. The smallest absolute Gasteiger partial charge is 0.161 e. The van der Waals surface area contributed by atoms with E-state index in [4.69, 9.17) is 4.52 Å². The third-order valence-electron chi connectivity index (χ3n) is 2.09. The predicted octanol–water partition coefficient (Wildman–Crippen LogP) is 3.85. The van der Waals surface area contributed by atoms with Crippen LogP contribution >= 0.6 is 0 Å². The van der Waals surface area contributed by atoms with Crippen LogP contribution < -0.4 is 0 Å². The topological polar surface area (TPSA) is 50.8 Å². The molecule has 1 heterocycles. The summed E-state index contributed by atoms with van der Waals surface area (Å²) in [6.45, 7) is 3.55. The molecule has 0 aliphatic heterocycles. The molecule has 1 aromatic carbocycles. The van der Waals surface area contributed by atoms with Crippen LogP contribution in [-0.4, -0.2) is 5.16 Å².